The zero-order chi connectivity index (χ0) is 16.1. The van der Waals surface area contributed by atoms with Crippen LogP contribution in [0.3, 0.4) is 0 Å². The molecule has 0 aliphatic carbocycles. The highest BCUT2D eigenvalue weighted by atomic mass is 16.5. The van der Waals surface area contributed by atoms with Gasteiger partial charge in [-0.2, -0.15) is 0 Å². The van der Waals surface area contributed by atoms with Gasteiger partial charge in [-0.1, -0.05) is 36.4 Å². The number of hydrogen-bond acceptors (Lipinski definition) is 3. The fourth-order valence-corrected chi connectivity index (χ4v) is 2.33. The Hall–Kier alpha value is -3.14. The van der Waals surface area contributed by atoms with Gasteiger partial charge >= 0.3 is 0 Å². The number of nitrogens with two attached hydrogens (primary N) is 1. The van der Waals surface area contributed by atoms with E-state index in [0.29, 0.717) is 17.9 Å². The molecule has 0 aliphatic rings. The van der Waals surface area contributed by atoms with Crippen LogP contribution in [0.15, 0.2) is 73.1 Å². The van der Waals surface area contributed by atoms with E-state index in [2.05, 4.69) is 4.98 Å². The third kappa shape index (κ3) is 3.55. The van der Waals surface area contributed by atoms with Gasteiger partial charge in [-0.25, -0.2) is 0 Å². The normalized spacial score (nSPS) is 10.3. The Balaban J connectivity index is 1.86. The van der Waals surface area contributed by atoms with Crippen LogP contribution < -0.4 is 10.5 Å². The molecule has 0 atom stereocenters. The van der Waals surface area contributed by atoms with E-state index in [9.17, 15) is 4.79 Å². The van der Waals surface area contributed by atoms with Gasteiger partial charge < -0.3 is 10.5 Å². The van der Waals surface area contributed by atoms with Crippen LogP contribution in [-0.4, -0.2) is 10.9 Å². The number of nitrogens with zero attached hydrogens (tertiary/aromatic N) is 1. The summed E-state index contributed by atoms with van der Waals surface area (Å²) >= 11 is 0. The van der Waals surface area contributed by atoms with Crippen molar-refractivity contribution >= 4 is 5.91 Å². The first kappa shape index (κ1) is 14.8. The Labute approximate surface area is 134 Å². The first-order valence-corrected chi connectivity index (χ1v) is 7.25. The molecular weight excluding hydrogens is 288 g/mol. The molecule has 114 valence electrons. The van der Waals surface area contributed by atoms with Crippen LogP contribution in [-0.2, 0) is 6.61 Å². The second kappa shape index (κ2) is 6.75. The molecule has 0 radical (unpaired) electrons. The Kier molecular flexibility index (Phi) is 4.34. The molecule has 4 heteroatoms. The molecule has 3 rings (SSSR count). The standard InChI is InChI=1S/C19H16N2O2/c20-19(22)18-11-16(23-13-14-5-2-1-3-6-14)8-9-17(18)15-7-4-10-21-12-15/h1-12H,13H2,(H2,20,22). The zero-order valence-corrected chi connectivity index (χ0v) is 12.5. The number of amides is 1. The van der Waals surface area contributed by atoms with Crippen molar-refractivity contribution in [2.24, 2.45) is 5.73 Å². The topological polar surface area (TPSA) is 65.2 Å². The van der Waals surface area contributed by atoms with Gasteiger partial charge in [0.15, 0.2) is 0 Å². The molecule has 0 aliphatic heterocycles. The number of aromatic nitrogens is 1. The Morgan fingerprint density at radius 1 is 1.04 bits per heavy atom. The van der Waals surface area contributed by atoms with Crippen molar-refractivity contribution in [3.8, 4) is 16.9 Å². The highest BCUT2D eigenvalue weighted by Gasteiger charge is 2.12. The number of rotatable bonds is 5. The summed E-state index contributed by atoms with van der Waals surface area (Å²) in [5.41, 5.74) is 8.58. The minimum absolute atomic E-state index is 0.420. The van der Waals surface area contributed by atoms with E-state index in [1.54, 1.807) is 18.5 Å². The third-order valence-corrected chi connectivity index (χ3v) is 3.48. The lowest BCUT2D eigenvalue weighted by Gasteiger charge is -2.11. The Bertz CT molecular complexity index is 802. The third-order valence-electron chi connectivity index (χ3n) is 3.48. The molecule has 0 spiro atoms. The van der Waals surface area contributed by atoms with Crippen LogP contribution in [0, 0.1) is 0 Å². The SMILES string of the molecule is NC(=O)c1cc(OCc2ccccc2)ccc1-c1cccnc1. The van der Waals surface area contributed by atoms with E-state index < -0.39 is 5.91 Å². The molecule has 2 N–H and O–H groups in total. The maximum absolute atomic E-state index is 11.8. The molecule has 3 aromatic rings. The van der Waals surface area contributed by atoms with E-state index >= 15 is 0 Å². The molecule has 2 aromatic carbocycles. The van der Waals surface area contributed by atoms with Crippen LogP contribution in [0.2, 0.25) is 0 Å². The van der Waals surface area contributed by atoms with Crippen molar-refractivity contribution < 1.29 is 9.53 Å². The molecule has 4 nitrogen and oxygen atoms in total. The molecule has 0 fully saturated rings. The van der Waals surface area contributed by atoms with Gasteiger partial charge in [-0.05, 0) is 35.4 Å². The Morgan fingerprint density at radius 3 is 2.57 bits per heavy atom. The highest BCUT2D eigenvalue weighted by Crippen LogP contribution is 2.27. The lowest BCUT2D eigenvalue weighted by atomic mass is 10.0. The van der Waals surface area contributed by atoms with Crippen LogP contribution in [0.1, 0.15) is 15.9 Å². The number of ether oxygens (including phenoxy) is 1. The van der Waals surface area contributed by atoms with Gasteiger partial charge in [0.25, 0.3) is 0 Å². The molecule has 0 unspecified atom stereocenters. The van der Waals surface area contributed by atoms with Crippen molar-refractivity contribution in [2.45, 2.75) is 6.61 Å². The number of primary amides is 1. The summed E-state index contributed by atoms with van der Waals surface area (Å²) in [6.07, 6.45) is 3.39. The first-order chi connectivity index (χ1) is 11.2. The van der Waals surface area contributed by atoms with E-state index in [4.69, 9.17) is 10.5 Å². The smallest absolute Gasteiger partial charge is 0.249 e. The van der Waals surface area contributed by atoms with E-state index in [1.165, 1.54) is 0 Å². The van der Waals surface area contributed by atoms with E-state index in [0.717, 1.165) is 16.7 Å². The van der Waals surface area contributed by atoms with Crippen molar-refractivity contribution in [1.29, 1.82) is 0 Å². The number of benzene rings is 2. The maximum atomic E-state index is 11.8. The fraction of sp³-hybridized carbons (Fsp3) is 0.0526. The summed E-state index contributed by atoms with van der Waals surface area (Å²) in [6.45, 7) is 0.436. The fourth-order valence-electron chi connectivity index (χ4n) is 2.33. The molecule has 1 amide bonds. The predicted octanol–water partition coefficient (Wildman–Crippen LogP) is 3.43. The molecule has 1 heterocycles. The lowest BCUT2D eigenvalue weighted by Crippen LogP contribution is -2.12. The number of carbonyl (C=O) groups excluding carboxylic acids is 1. The Morgan fingerprint density at radius 2 is 1.87 bits per heavy atom. The average Bonchev–Trinajstić information content (AvgIpc) is 2.61. The summed E-state index contributed by atoms with van der Waals surface area (Å²) in [5.74, 6) is 0.115. The summed E-state index contributed by atoms with van der Waals surface area (Å²) in [7, 11) is 0. The predicted molar refractivity (Wildman–Crippen MR) is 89.0 cm³/mol. The minimum atomic E-state index is -0.492. The van der Waals surface area contributed by atoms with Crippen LogP contribution >= 0.6 is 0 Å². The molecular formula is C19H16N2O2. The summed E-state index contributed by atoms with van der Waals surface area (Å²) in [6, 6.07) is 18.9. The van der Waals surface area contributed by atoms with Crippen LogP contribution in [0.4, 0.5) is 0 Å². The highest BCUT2D eigenvalue weighted by molar-refractivity contribution is 6.00. The van der Waals surface area contributed by atoms with Crippen molar-refractivity contribution in [3.05, 3.63) is 84.2 Å². The van der Waals surface area contributed by atoms with Gasteiger partial charge in [0.1, 0.15) is 12.4 Å². The van der Waals surface area contributed by atoms with Gasteiger partial charge in [0.2, 0.25) is 5.91 Å². The summed E-state index contributed by atoms with van der Waals surface area (Å²) < 4.78 is 5.75. The van der Waals surface area contributed by atoms with E-state index in [-0.39, 0.29) is 0 Å². The molecule has 0 bridgehead atoms. The quantitative estimate of drug-likeness (QED) is 0.785. The van der Waals surface area contributed by atoms with Gasteiger partial charge in [0.05, 0.1) is 5.56 Å². The van der Waals surface area contributed by atoms with Crippen molar-refractivity contribution in [2.75, 3.05) is 0 Å². The number of pyridine rings is 1. The lowest BCUT2D eigenvalue weighted by molar-refractivity contribution is 0.100. The summed E-state index contributed by atoms with van der Waals surface area (Å²) in [4.78, 5) is 15.8. The maximum Gasteiger partial charge on any atom is 0.249 e. The second-order valence-corrected chi connectivity index (χ2v) is 5.09. The number of carbonyl (C=O) groups is 1. The van der Waals surface area contributed by atoms with Crippen LogP contribution in [0.5, 0.6) is 5.75 Å². The molecule has 0 saturated carbocycles. The molecule has 23 heavy (non-hydrogen) atoms. The van der Waals surface area contributed by atoms with Gasteiger partial charge in [0, 0.05) is 18.0 Å². The van der Waals surface area contributed by atoms with Crippen molar-refractivity contribution in [3.63, 3.8) is 0 Å². The largest absolute Gasteiger partial charge is 0.489 e. The van der Waals surface area contributed by atoms with Gasteiger partial charge in [-0.3, -0.25) is 9.78 Å². The van der Waals surface area contributed by atoms with Gasteiger partial charge in [-0.15, -0.1) is 0 Å². The molecule has 0 saturated heterocycles. The minimum Gasteiger partial charge on any atom is -0.489 e. The average molecular weight is 304 g/mol. The second-order valence-electron chi connectivity index (χ2n) is 5.09. The van der Waals surface area contributed by atoms with E-state index in [1.807, 2.05) is 54.6 Å². The van der Waals surface area contributed by atoms with Crippen molar-refractivity contribution in [1.82, 2.24) is 4.98 Å². The monoisotopic (exact) mass is 304 g/mol. The van der Waals surface area contributed by atoms with Crippen LogP contribution in [0.25, 0.3) is 11.1 Å². The number of hydrogen-bond donors (Lipinski definition) is 1. The molecule has 1 aromatic heterocycles. The summed E-state index contributed by atoms with van der Waals surface area (Å²) in [5, 5.41) is 0. The first-order valence-electron chi connectivity index (χ1n) is 7.25. The zero-order valence-electron chi connectivity index (χ0n) is 12.5.